The minimum absolute atomic E-state index is 0.0289. The third kappa shape index (κ3) is 3.67. The van der Waals surface area contributed by atoms with Crippen molar-refractivity contribution in [2.45, 2.75) is 95.9 Å². The van der Waals surface area contributed by atoms with Gasteiger partial charge in [0.25, 0.3) is 0 Å². The number of amides is 2. The maximum absolute atomic E-state index is 11.2. The summed E-state index contributed by atoms with van der Waals surface area (Å²) in [4.78, 5) is 22.2. The first-order chi connectivity index (χ1) is 12.6. The molecular weight excluding hydrogens is 340 g/mol. The molecule has 0 radical (unpaired) electrons. The van der Waals surface area contributed by atoms with Crippen LogP contribution in [0.15, 0.2) is 11.6 Å². The second-order valence-electron chi connectivity index (χ2n) is 10.0. The molecule has 27 heavy (non-hydrogen) atoms. The SMILES string of the molecule is CC1=C[C@H]2[C@H]([C@]3(C)CC[C@H](C(C)(C)NC=O)O3)CC[C@@](C)(NC=O)[C@H]2CC1. The second kappa shape index (κ2) is 7.23. The van der Waals surface area contributed by atoms with Crippen molar-refractivity contribution < 1.29 is 14.3 Å². The fourth-order valence-corrected chi connectivity index (χ4v) is 5.99. The number of rotatable bonds is 6. The fraction of sp³-hybridized carbons (Fsp3) is 0.818. The lowest BCUT2D eigenvalue weighted by Crippen LogP contribution is -2.59. The van der Waals surface area contributed by atoms with Gasteiger partial charge in [-0.2, -0.15) is 0 Å². The highest BCUT2D eigenvalue weighted by atomic mass is 16.5. The molecule has 0 aromatic carbocycles. The van der Waals surface area contributed by atoms with Gasteiger partial charge in [-0.05, 0) is 90.9 Å². The van der Waals surface area contributed by atoms with Gasteiger partial charge in [-0.3, -0.25) is 9.59 Å². The van der Waals surface area contributed by atoms with E-state index >= 15 is 0 Å². The number of hydrogen-bond donors (Lipinski definition) is 2. The average molecular weight is 377 g/mol. The van der Waals surface area contributed by atoms with Gasteiger partial charge in [0.05, 0.1) is 17.2 Å². The Kier molecular flexibility index (Phi) is 5.46. The average Bonchev–Trinajstić information content (AvgIpc) is 2.99. The van der Waals surface area contributed by atoms with Gasteiger partial charge in [-0.25, -0.2) is 0 Å². The van der Waals surface area contributed by atoms with Crippen LogP contribution in [0.2, 0.25) is 0 Å². The first-order valence-corrected chi connectivity index (χ1v) is 10.4. The van der Waals surface area contributed by atoms with E-state index in [-0.39, 0.29) is 22.8 Å². The summed E-state index contributed by atoms with van der Waals surface area (Å²) in [5.74, 6) is 1.32. The quantitative estimate of drug-likeness (QED) is 0.552. The van der Waals surface area contributed by atoms with E-state index < -0.39 is 0 Å². The third-order valence-electron chi connectivity index (χ3n) is 7.77. The molecule has 2 N–H and O–H groups in total. The summed E-state index contributed by atoms with van der Waals surface area (Å²) in [7, 11) is 0. The predicted octanol–water partition coefficient (Wildman–Crippen LogP) is 3.34. The highest BCUT2D eigenvalue weighted by Crippen LogP contribution is 2.54. The van der Waals surface area contributed by atoms with Gasteiger partial charge < -0.3 is 15.4 Å². The topological polar surface area (TPSA) is 67.4 Å². The smallest absolute Gasteiger partial charge is 0.207 e. The first-order valence-electron chi connectivity index (χ1n) is 10.4. The highest BCUT2D eigenvalue weighted by molar-refractivity contribution is 5.48. The number of fused-ring (bicyclic) bond motifs is 1. The lowest BCUT2D eigenvalue weighted by Gasteiger charge is -2.54. The van der Waals surface area contributed by atoms with E-state index in [0.717, 1.165) is 51.3 Å². The Labute approximate surface area is 163 Å². The zero-order valence-corrected chi connectivity index (χ0v) is 17.5. The summed E-state index contributed by atoms with van der Waals surface area (Å²) in [6.07, 6.45) is 10.4. The van der Waals surface area contributed by atoms with Gasteiger partial charge in [0.1, 0.15) is 0 Å². The number of hydrogen-bond acceptors (Lipinski definition) is 3. The Morgan fingerprint density at radius 1 is 1.11 bits per heavy atom. The van der Waals surface area contributed by atoms with E-state index in [2.05, 4.69) is 37.5 Å². The maximum Gasteiger partial charge on any atom is 0.207 e. The molecule has 0 unspecified atom stereocenters. The van der Waals surface area contributed by atoms with E-state index in [0.29, 0.717) is 17.8 Å². The Hall–Kier alpha value is -1.36. The van der Waals surface area contributed by atoms with Gasteiger partial charge in [-0.15, -0.1) is 0 Å². The minimum atomic E-state index is -0.362. The Bertz CT molecular complexity index is 617. The summed E-state index contributed by atoms with van der Waals surface area (Å²) in [6.45, 7) is 10.8. The largest absolute Gasteiger partial charge is 0.369 e. The maximum atomic E-state index is 11.2. The number of carbonyl (C=O) groups is 2. The summed E-state index contributed by atoms with van der Waals surface area (Å²) >= 11 is 0. The van der Waals surface area contributed by atoms with E-state index in [1.165, 1.54) is 5.57 Å². The molecule has 152 valence electrons. The monoisotopic (exact) mass is 376 g/mol. The fourth-order valence-electron chi connectivity index (χ4n) is 5.99. The van der Waals surface area contributed by atoms with Crippen molar-refractivity contribution in [1.29, 1.82) is 0 Å². The molecule has 1 heterocycles. The molecule has 2 amide bonds. The first kappa shape index (κ1) is 20.4. The van der Waals surface area contributed by atoms with Gasteiger partial charge in [0, 0.05) is 5.54 Å². The second-order valence-corrected chi connectivity index (χ2v) is 10.0. The molecule has 3 rings (SSSR count). The zero-order chi connectivity index (χ0) is 19.9. The normalized spacial score (nSPS) is 42.0. The highest BCUT2D eigenvalue weighted by Gasteiger charge is 2.55. The molecular formula is C22H36N2O3. The lowest BCUT2D eigenvalue weighted by atomic mass is 9.56. The Morgan fingerprint density at radius 2 is 1.85 bits per heavy atom. The van der Waals surface area contributed by atoms with Crippen LogP contribution in [0.4, 0.5) is 0 Å². The molecule has 6 atom stereocenters. The molecule has 1 saturated heterocycles. The number of carbonyl (C=O) groups excluding carboxylic acids is 2. The molecule has 2 aliphatic carbocycles. The summed E-state index contributed by atoms with van der Waals surface area (Å²) in [6, 6.07) is 0. The van der Waals surface area contributed by atoms with Crippen LogP contribution in [0, 0.1) is 17.8 Å². The van der Waals surface area contributed by atoms with Crippen molar-refractivity contribution in [3.63, 3.8) is 0 Å². The van der Waals surface area contributed by atoms with Crippen molar-refractivity contribution in [2.24, 2.45) is 17.8 Å². The predicted molar refractivity (Wildman–Crippen MR) is 106 cm³/mol. The van der Waals surface area contributed by atoms with Crippen molar-refractivity contribution in [3.05, 3.63) is 11.6 Å². The van der Waals surface area contributed by atoms with Crippen LogP contribution in [0.25, 0.3) is 0 Å². The summed E-state index contributed by atoms with van der Waals surface area (Å²) in [5.41, 5.74) is 0.774. The van der Waals surface area contributed by atoms with Crippen LogP contribution < -0.4 is 10.6 Å². The van der Waals surface area contributed by atoms with E-state index in [9.17, 15) is 9.59 Å². The van der Waals surface area contributed by atoms with Crippen molar-refractivity contribution in [3.8, 4) is 0 Å². The Morgan fingerprint density at radius 3 is 2.52 bits per heavy atom. The lowest BCUT2D eigenvalue weighted by molar-refractivity contribution is -0.132. The molecule has 1 aliphatic heterocycles. The molecule has 2 fully saturated rings. The standard InChI is InChI=1S/C22H36N2O3/c1-15-6-7-17-16(12-15)18(8-10-21(17,4)24-14-26)22(5)11-9-19(27-22)20(2,3)23-13-25/h12-14,16-19H,6-11H2,1-5H3,(H,23,25)(H,24,26)/t16-,17+,18-,19-,21-,22+/m1/s1. The van der Waals surface area contributed by atoms with Crippen LogP contribution in [0.1, 0.15) is 73.1 Å². The number of ether oxygens (including phenoxy) is 1. The van der Waals surface area contributed by atoms with Crippen LogP contribution in [0.3, 0.4) is 0 Å². The molecule has 1 saturated carbocycles. The van der Waals surface area contributed by atoms with Crippen LogP contribution in [-0.4, -0.2) is 35.6 Å². The van der Waals surface area contributed by atoms with Crippen LogP contribution in [-0.2, 0) is 14.3 Å². The molecule has 0 aromatic rings. The summed E-state index contributed by atoms with van der Waals surface area (Å²) < 4.78 is 6.68. The molecule has 0 bridgehead atoms. The minimum Gasteiger partial charge on any atom is -0.369 e. The van der Waals surface area contributed by atoms with Crippen molar-refractivity contribution >= 4 is 12.8 Å². The van der Waals surface area contributed by atoms with Crippen molar-refractivity contribution in [2.75, 3.05) is 0 Å². The van der Waals surface area contributed by atoms with Gasteiger partial charge in [0.2, 0.25) is 12.8 Å². The van der Waals surface area contributed by atoms with Crippen LogP contribution in [0.5, 0.6) is 0 Å². The molecule has 0 aromatic heterocycles. The number of allylic oxidation sites excluding steroid dienone is 2. The molecule has 5 heteroatoms. The van der Waals surface area contributed by atoms with Crippen molar-refractivity contribution in [1.82, 2.24) is 10.6 Å². The van der Waals surface area contributed by atoms with E-state index in [1.807, 2.05) is 13.8 Å². The molecule has 3 aliphatic rings. The molecule has 0 spiro atoms. The van der Waals surface area contributed by atoms with Gasteiger partial charge in [0.15, 0.2) is 0 Å². The van der Waals surface area contributed by atoms with Gasteiger partial charge >= 0.3 is 0 Å². The summed E-state index contributed by atoms with van der Waals surface area (Å²) in [5, 5.41) is 6.08. The van der Waals surface area contributed by atoms with Crippen LogP contribution >= 0.6 is 0 Å². The van der Waals surface area contributed by atoms with E-state index in [4.69, 9.17) is 4.74 Å². The zero-order valence-electron chi connectivity index (χ0n) is 17.5. The van der Waals surface area contributed by atoms with E-state index in [1.54, 1.807) is 0 Å². The number of nitrogens with one attached hydrogen (secondary N) is 2. The van der Waals surface area contributed by atoms with Gasteiger partial charge in [-0.1, -0.05) is 11.6 Å². The molecule has 5 nitrogen and oxygen atoms in total. The Balaban J connectivity index is 1.85. The third-order valence-corrected chi connectivity index (χ3v) is 7.77.